The van der Waals surface area contributed by atoms with Crippen LogP contribution in [0.4, 0.5) is 87.8 Å². The molecular formula is C32H15BF20NP. The quantitative estimate of drug-likeness (QED) is 0.0396. The molecule has 55 heavy (non-hydrogen) atoms. The molecule has 0 bridgehead atoms. The van der Waals surface area contributed by atoms with Crippen molar-refractivity contribution >= 4 is 35.6 Å². The number of hydrogen-bond donors (Lipinski definition) is 0. The van der Waals surface area contributed by atoms with E-state index in [-0.39, 0.29) is 19.8 Å². The minimum absolute atomic E-state index is 0.123. The third kappa shape index (κ3) is 6.86. The molecule has 0 saturated heterocycles. The second-order valence-corrected chi connectivity index (χ2v) is 14.2. The Balaban J connectivity index is 2.34. The molecule has 4 aromatic rings. The number of halogens is 20. The summed E-state index contributed by atoms with van der Waals surface area (Å²) in [7, 11) is -4.61. The van der Waals surface area contributed by atoms with Crippen LogP contribution in [0.25, 0.3) is 4.85 Å². The van der Waals surface area contributed by atoms with Gasteiger partial charge in [0.15, 0.2) is 81.4 Å². The van der Waals surface area contributed by atoms with Crippen molar-refractivity contribution in [2.24, 2.45) is 0 Å². The summed E-state index contributed by atoms with van der Waals surface area (Å²) in [4.78, 5) is 3.43. The molecule has 0 radical (unpaired) electrons. The minimum atomic E-state index is -5.40. The van der Waals surface area contributed by atoms with Crippen LogP contribution in [-0.2, 0) is 0 Å². The van der Waals surface area contributed by atoms with Crippen LogP contribution in [-0.4, -0.2) is 18.3 Å². The van der Waals surface area contributed by atoms with Crippen LogP contribution in [0.5, 0.6) is 0 Å². The number of nitrogens with zero attached hydrogens (tertiary/aromatic N) is 1. The van der Waals surface area contributed by atoms with Gasteiger partial charge in [-0.3, -0.25) is 0 Å². The summed E-state index contributed by atoms with van der Waals surface area (Å²) in [6, 6.07) is 0. The maximum Gasteiger partial charge on any atom is 0.258 e. The first-order valence-electron chi connectivity index (χ1n) is 15.0. The van der Waals surface area contributed by atoms with Crippen molar-refractivity contribution in [3.8, 4) is 5.97 Å². The van der Waals surface area contributed by atoms with Crippen LogP contribution in [0.1, 0.15) is 26.7 Å². The Bertz CT molecular complexity index is 2050. The molecular weight excluding hydrogens is 820 g/mol. The van der Waals surface area contributed by atoms with Gasteiger partial charge in [0.05, 0.1) is 16.6 Å². The molecule has 0 aliphatic rings. The molecule has 0 fully saturated rings. The molecule has 0 unspecified atom stereocenters. The summed E-state index contributed by atoms with van der Waals surface area (Å²) in [5.74, 6) is -58.8. The zero-order valence-corrected chi connectivity index (χ0v) is 27.8. The van der Waals surface area contributed by atoms with Gasteiger partial charge in [-0.1, -0.05) is 13.8 Å². The largest absolute Gasteiger partial charge is 0.258 e. The van der Waals surface area contributed by atoms with E-state index < -0.39 is 170 Å². The lowest BCUT2D eigenvalue weighted by molar-refractivity contribution is 0.381. The first kappa shape index (κ1) is 43.2. The lowest BCUT2D eigenvalue weighted by atomic mass is 9.17. The summed E-state index contributed by atoms with van der Waals surface area (Å²) >= 11 is 0. The van der Waals surface area contributed by atoms with Gasteiger partial charge in [0.2, 0.25) is 17.8 Å². The van der Waals surface area contributed by atoms with Crippen molar-refractivity contribution in [2.75, 3.05) is 6.54 Å². The van der Waals surface area contributed by atoms with E-state index in [0.717, 1.165) is 0 Å². The fourth-order valence-electron chi connectivity index (χ4n) is 5.91. The summed E-state index contributed by atoms with van der Waals surface area (Å²) < 4.78 is 299. The van der Waals surface area contributed by atoms with Crippen LogP contribution < -0.4 is 21.5 Å². The molecule has 0 heterocycles. The molecule has 0 aromatic heterocycles. The predicted octanol–water partition coefficient (Wildman–Crippen LogP) is 9.23. The Morgan fingerprint density at radius 1 is 0.436 bits per heavy atom. The molecule has 1 atom stereocenters. The Hall–Kier alpha value is -4.54. The van der Waals surface area contributed by atoms with Gasteiger partial charge >= 0.3 is 0 Å². The van der Waals surface area contributed by atoms with E-state index in [1.807, 2.05) is 0 Å². The maximum atomic E-state index is 15.7. The van der Waals surface area contributed by atoms with E-state index in [2.05, 4.69) is 4.85 Å². The Labute approximate surface area is 296 Å². The van der Waals surface area contributed by atoms with Gasteiger partial charge in [0.1, 0.15) is 23.3 Å². The first-order chi connectivity index (χ1) is 25.5. The van der Waals surface area contributed by atoms with E-state index in [0.29, 0.717) is 0 Å². The van der Waals surface area contributed by atoms with Crippen molar-refractivity contribution < 1.29 is 87.8 Å². The fourth-order valence-corrected chi connectivity index (χ4v) is 8.78. The van der Waals surface area contributed by atoms with Crippen molar-refractivity contribution in [3.63, 3.8) is 0 Å². The number of unbranched alkanes of at least 4 members (excludes halogenated alkanes) is 1. The highest BCUT2D eigenvalue weighted by Gasteiger charge is 2.49. The van der Waals surface area contributed by atoms with E-state index in [1.54, 1.807) is 5.97 Å². The van der Waals surface area contributed by atoms with Crippen LogP contribution in [0.3, 0.4) is 0 Å². The topological polar surface area (TPSA) is 4.36 Å². The molecule has 1 nitrogen and oxygen atoms in total. The predicted molar refractivity (Wildman–Crippen MR) is 157 cm³/mol. The Kier molecular flexibility index (Phi) is 12.5. The Morgan fingerprint density at radius 2 is 0.691 bits per heavy atom. The number of benzene rings is 4. The normalized spacial score (nSPS) is 12.4. The van der Waals surface area contributed by atoms with Gasteiger partial charge in [-0.25, -0.2) is 87.8 Å². The zero-order chi connectivity index (χ0) is 41.8. The lowest BCUT2D eigenvalue weighted by Crippen LogP contribution is -2.64. The fraction of sp³-hybridized carbons (Fsp3) is 0.219. The van der Waals surface area contributed by atoms with Gasteiger partial charge in [-0.2, -0.15) is 0 Å². The average Bonchev–Trinajstić information content (AvgIpc) is 3.15. The number of hydrogen-bond acceptors (Lipinski definition) is 0. The van der Waals surface area contributed by atoms with Gasteiger partial charge in [-0.15, -0.1) is 22.1 Å². The van der Waals surface area contributed by atoms with Crippen LogP contribution in [0.2, 0.25) is 6.32 Å². The smallest absolute Gasteiger partial charge is 0.207 e. The second-order valence-electron chi connectivity index (χ2n) is 11.7. The maximum absolute atomic E-state index is 15.7. The highest BCUT2D eigenvalue weighted by Crippen LogP contribution is 2.48. The van der Waals surface area contributed by atoms with Crippen molar-refractivity contribution in [1.82, 2.24) is 0 Å². The molecule has 23 heteroatoms. The van der Waals surface area contributed by atoms with E-state index >= 15 is 35.1 Å². The second kappa shape index (κ2) is 15.9. The van der Waals surface area contributed by atoms with E-state index in [9.17, 15) is 52.7 Å². The summed E-state index contributed by atoms with van der Waals surface area (Å²) in [5.41, 5.74) is -8.00. The lowest BCUT2D eigenvalue weighted by Gasteiger charge is -2.38. The van der Waals surface area contributed by atoms with Crippen molar-refractivity contribution in [2.45, 2.75) is 38.7 Å². The molecule has 0 spiro atoms. The van der Waals surface area contributed by atoms with Gasteiger partial charge in [-0.05, 0) is 20.0 Å². The molecule has 0 N–H and O–H groups in total. The van der Waals surface area contributed by atoms with Crippen molar-refractivity contribution in [1.29, 1.82) is 0 Å². The van der Waals surface area contributed by atoms with Crippen molar-refractivity contribution in [3.05, 3.63) is 121 Å². The molecule has 0 aliphatic heterocycles. The van der Waals surface area contributed by atoms with Crippen LogP contribution >= 0.6 is 7.92 Å². The van der Waals surface area contributed by atoms with Gasteiger partial charge < -0.3 is 0 Å². The molecule has 0 saturated carbocycles. The molecule has 4 rings (SSSR count). The van der Waals surface area contributed by atoms with E-state index in [1.165, 1.54) is 6.92 Å². The monoisotopic (exact) mass is 835 g/mol. The highest BCUT2D eigenvalue weighted by atomic mass is 31.1. The standard InChI is InChI=1S/C32H15BF20NP/c1-3-4-5-54-7-33(9-11(34)15(38)19(42)16(39)12(9)35,10-13(36)17(40)20(43)18(41)14(10)37)6-8(2)55(31-27(50)23(46)21(44)24(47)28(31)51)32-29(52)25(48)22(45)26(49)30(32)53/h8H,3-6H2,1-2H3/t8-/m0/s1. The minimum Gasteiger partial charge on any atom is -0.207 e. The summed E-state index contributed by atoms with van der Waals surface area (Å²) in [6.07, 6.45) is -7.65. The van der Waals surface area contributed by atoms with Crippen LogP contribution in [0.15, 0.2) is 0 Å². The first-order valence-corrected chi connectivity index (χ1v) is 16.4. The van der Waals surface area contributed by atoms with E-state index in [4.69, 9.17) is 0 Å². The SMILES string of the molecule is CCCC[N+]#C[B-](C[C@H](C)P(c1c(F)c(F)c(F)c(F)c1F)c1c(F)c(F)c(F)c(F)c1F)(c1c(F)c(F)c(F)c(F)c1F)c1c(F)c(F)c(F)c(F)c1F. The average molecular weight is 835 g/mol. The molecule has 4 aromatic carbocycles. The highest BCUT2D eigenvalue weighted by molar-refractivity contribution is 7.73. The number of rotatable bonds is 9. The molecule has 0 aliphatic carbocycles. The third-order valence-electron chi connectivity index (χ3n) is 8.40. The van der Waals surface area contributed by atoms with Crippen LogP contribution in [0, 0.1) is 122 Å². The van der Waals surface area contributed by atoms with Gasteiger partial charge in [0, 0.05) is 6.42 Å². The third-order valence-corrected chi connectivity index (χ3v) is 11.2. The molecule has 296 valence electrons. The van der Waals surface area contributed by atoms with Gasteiger partial charge in [0.25, 0.3) is 6.54 Å². The summed E-state index contributed by atoms with van der Waals surface area (Å²) in [5, 5.41) is -4.91. The summed E-state index contributed by atoms with van der Waals surface area (Å²) in [6.45, 7) is 0.971. The zero-order valence-electron chi connectivity index (χ0n) is 26.9. The Morgan fingerprint density at radius 3 is 0.964 bits per heavy atom. The molecule has 0 amide bonds.